The number of hydrogen-bond acceptors (Lipinski definition) is 3. The van der Waals surface area contributed by atoms with E-state index in [0.717, 1.165) is 0 Å². The quantitative estimate of drug-likeness (QED) is 0.372. The highest BCUT2D eigenvalue weighted by molar-refractivity contribution is 7.80. The van der Waals surface area contributed by atoms with Gasteiger partial charge in [0, 0.05) is 10.0 Å². The summed E-state index contributed by atoms with van der Waals surface area (Å²) in [6, 6.07) is 4.82. The summed E-state index contributed by atoms with van der Waals surface area (Å²) in [6.45, 7) is 0. The number of hydrogen-bond donors (Lipinski definition) is 2. The summed E-state index contributed by atoms with van der Waals surface area (Å²) >= 11 is 16.1. The van der Waals surface area contributed by atoms with Crippen LogP contribution in [0.5, 0.6) is 0 Å². The molecule has 86 valence electrons. The zero-order valence-corrected chi connectivity index (χ0v) is 10.4. The lowest BCUT2D eigenvalue weighted by molar-refractivity contribution is -0.126. The topological polar surface area (TPSA) is 72.3 Å². The number of halogens is 2. The van der Waals surface area contributed by atoms with Gasteiger partial charge in [-0.15, -0.1) is 0 Å². The molecule has 0 saturated heterocycles. The minimum absolute atomic E-state index is 0.0358. The maximum absolute atomic E-state index is 11.5. The van der Waals surface area contributed by atoms with Crippen molar-refractivity contribution in [3.05, 3.63) is 33.8 Å². The first kappa shape index (κ1) is 13.2. The SMILES string of the molecule is NC(=S)N(N)C(=O)Cc1cc(Cl)cc(Cl)c1. The monoisotopic (exact) mass is 277 g/mol. The van der Waals surface area contributed by atoms with E-state index < -0.39 is 5.91 Å². The fourth-order valence-corrected chi connectivity index (χ4v) is 1.77. The highest BCUT2D eigenvalue weighted by Crippen LogP contribution is 2.19. The maximum Gasteiger partial charge on any atom is 0.247 e. The van der Waals surface area contributed by atoms with Gasteiger partial charge in [0.15, 0.2) is 5.11 Å². The lowest BCUT2D eigenvalue weighted by Crippen LogP contribution is -2.46. The number of nitrogens with zero attached hydrogens (tertiary/aromatic N) is 1. The van der Waals surface area contributed by atoms with Crippen LogP contribution in [-0.4, -0.2) is 16.0 Å². The maximum atomic E-state index is 11.5. The molecule has 1 rings (SSSR count). The van der Waals surface area contributed by atoms with E-state index in [1.165, 1.54) is 0 Å². The van der Waals surface area contributed by atoms with Gasteiger partial charge in [-0.2, -0.15) is 0 Å². The number of carbonyl (C=O) groups excluding carboxylic acids is 1. The van der Waals surface area contributed by atoms with Crippen molar-refractivity contribution in [1.82, 2.24) is 5.01 Å². The van der Waals surface area contributed by atoms with E-state index in [-0.39, 0.29) is 11.5 Å². The molecule has 0 aromatic heterocycles. The van der Waals surface area contributed by atoms with E-state index in [2.05, 4.69) is 12.2 Å². The zero-order chi connectivity index (χ0) is 12.3. The van der Waals surface area contributed by atoms with Crippen LogP contribution in [0.2, 0.25) is 10.0 Å². The van der Waals surface area contributed by atoms with Gasteiger partial charge in [-0.05, 0) is 36.0 Å². The molecule has 0 aliphatic heterocycles. The molecular weight excluding hydrogens is 269 g/mol. The summed E-state index contributed by atoms with van der Waals surface area (Å²) in [7, 11) is 0. The van der Waals surface area contributed by atoms with Crippen LogP contribution < -0.4 is 11.6 Å². The van der Waals surface area contributed by atoms with Crippen LogP contribution in [0.1, 0.15) is 5.56 Å². The van der Waals surface area contributed by atoms with E-state index >= 15 is 0 Å². The molecule has 16 heavy (non-hydrogen) atoms. The number of benzene rings is 1. The fourth-order valence-electron chi connectivity index (χ4n) is 1.10. The van der Waals surface area contributed by atoms with Gasteiger partial charge in [0.05, 0.1) is 6.42 Å². The molecule has 0 aliphatic rings. The van der Waals surface area contributed by atoms with E-state index in [4.69, 9.17) is 34.8 Å². The Bertz CT molecular complexity index is 419. The molecule has 4 N–H and O–H groups in total. The van der Waals surface area contributed by atoms with Crippen LogP contribution in [0, 0.1) is 0 Å². The van der Waals surface area contributed by atoms with Gasteiger partial charge >= 0.3 is 0 Å². The molecule has 0 heterocycles. The molecule has 0 spiro atoms. The van der Waals surface area contributed by atoms with Crippen LogP contribution in [-0.2, 0) is 11.2 Å². The molecule has 0 atom stereocenters. The van der Waals surface area contributed by atoms with E-state index in [9.17, 15) is 4.79 Å². The summed E-state index contributed by atoms with van der Waals surface area (Å²) in [6.07, 6.45) is 0.0358. The third-order valence-electron chi connectivity index (χ3n) is 1.78. The van der Waals surface area contributed by atoms with Crippen LogP contribution in [0.25, 0.3) is 0 Å². The number of carbonyl (C=O) groups is 1. The molecule has 1 amide bonds. The van der Waals surface area contributed by atoms with Gasteiger partial charge in [0.25, 0.3) is 0 Å². The minimum Gasteiger partial charge on any atom is -0.375 e. The lowest BCUT2D eigenvalue weighted by atomic mass is 10.1. The first-order valence-electron chi connectivity index (χ1n) is 4.22. The average Bonchev–Trinajstić information content (AvgIpc) is 2.14. The Morgan fingerprint density at radius 3 is 2.25 bits per heavy atom. The van der Waals surface area contributed by atoms with Crippen LogP contribution in [0.4, 0.5) is 0 Å². The predicted molar refractivity (Wildman–Crippen MR) is 68.0 cm³/mol. The second-order valence-corrected chi connectivity index (χ2v) is 4.35. The van der Waals surface area contributed by atoms with Crippen molar-refractivity contribution >= 4 is 46.4 Å². The molecule has 0 aliphatic carbocycles. The van der Waals surface area contributed by atoms with E-state index in [0.29, 0.717) is 20.6 Å². The highest BCUT2D eigenvalue weighted by Gasteiger charge is 2.13. The Labute approximate surface area is 108 Å². The Hall–Kier alpha value is -0.880. The van der Waals surface area contributed by atoms with Crippen molar-refractivity contribution in [2.75, 3.05) is 0 Å². The van der Waals surface area contributed by atoms with Gasteiger partial charge in [0.2, 0.25) is 5.91 Å². The standard InChI is InChI=1S/C9H9Cl2N3OS/c10-6-1-5(2-7(11)4-6)3-8(15)14(13)9(12)16/h1-2,4H,3,13H2,(H2,12,16). The van der Waals surface area contributed by atoms with Gasteiger partial charge < -0.3 is 5.73 Å². The number of nitrogens with two attached hydrogens (primary N) is 2. The second-order valence-electron chi connectivity index (χ2n) is 3.06. The molecule has 0 fully saturated rings. The van der Waals surface area contributed by atoms with Crippen LogP contribution in [0.3, 0.4) is 0 Å². The van der Waals surface area contributed by atoms with Crippen LogP contribution in [0.15, 0.2) is 18.2 Å². The molecule has 0 unspecified atom stereocenters. The van der Waals surface area contributed by atoms with Gasteiger partial charge in [-0.3, -0.25) is 4.79 Å². The Morgan fingerprint density at radius 1 is 1.31 bits per heavy atom. The molecule has 0 bridgehead atoms. The van der Waals surface area contributed by atoms with Crippen molar-refractivity contribution in [2.45, 2.75) is 6.42 Å². The summed E-state index contributed by atoms with van der Waals surface area (Å²) in [5.41, 5.74) is 5.86. The molecular formula is C9H9Cl2N3OS. The van der Waals surface area contributed by atoms with Crippen molar-refractivity contribution in [3.8, 4) is 0 Å². The van der Waals surface area contributed by atoms with E-state index in [1.54, 1.807) is 18.2 Å². The second kappa shape index (κ2) is 5.45. The smallest absolute Gasteiger partial charge is 0.247 e. The molecule has 7 heteroatoms. The first-order valence-corrected chi connectivity index (χ1v) is 5.38. The Morgan fingerprint density at radius 2 is 1.81 bits per heavy atom. The predicted octanol–water partition coefficient (Wildman–Crippen LogP) is 1.48. The largest absolute Gasteiger partial charge is 0.375 e. The first-order chi connectivity index (χ1) is 7.40. The van der Waals surface area contributed by atoms with Crippen molar-refractivity contribution < 1.29 is 4.79 Å². The fraction of sp³-hybridized carbons (Fsp3) is 0.111. The molecule has 4 nitrogen and oxygen atoms in total. The molecule has 0 radical (unpaired) electrons. The average molecular weight is 278 g/mol. The summed E-state index contributed by atoms with van der Waals surface area (Å²) in [4.78, 5) is 11.5. The Kier molecular flexibility index (Phi) is 4.49. The summed E-state index contributed by atoms with van der Waals surface area (Å²) < 4.78 is 0. The van der Waals surface area contributed by atoms with Crippen molar-refractivity contribution in [1.29, 1.82) is 0 Å². The normalized spacial score (nSPS) is 9.94. The van der Waals surface area contributed by atoms with Gasteiger partial charge in [-0.1, -0.05) is 23.2 Å². The number of thiocarbonyl (C=S) groups is 1. The summed E-state index contributed by atoms with van der Waals surface area (Å²) in [5.74, 6) is 4.91. The third-order valence-corrected chi connectivity index (χ3v) is 2.42. The zero-order valence-electron chi connectivity index (χ0n) is 8.11. The molecule has 1 aromatic rings. The van der Waals surface area contributed by atoms with Crippen molar-refractivity contribution in [2.24, 2.45) is 11.6 Å². The lowest BCUT2D eigenvalue weighted by Gasteiger charge is -2.13. The number of amides is 1. The number of rotatable bonds is 2. The number of hydrazine groups is 1. The Balaban J connectivity index is 2.81. The minimum atomic E-state index is -0.425. The van der Waals surface area contributed by atoms with Crippen LogP contribution >= 0.6 is 35.4 Å². The van der Waals surface area contributed by atoms with Gasteiger partial charge in [0.1, 0.15) is 0 Å². The third kappa shape index (κ3) is 3.61. The highest BCUT2D eigenvalue weighted by atomic mass is 35.5. The van der Waals surface area contributed by atoms with Crippen molar-refractivity contribution in [3.63, 3.8) is 0 Å². The summed E-state index contributed by atoms with van der Waals surface area (Å²) in [5, 5.41) is 1.44. The molecule has 0 saturated carbocycles. The van der Waals surface area contributed by atoms with E-state index in [1.807, 2.05) is 0 Å². The van der Waals surface area contributed by atoms with Gasteiger partial charge in [-0.25, -0.2) is 10.9 Å². The molecule has 1 aromatic carbocycles.